The van der Waals surface area contributed by atoms with Crippen molar-refractivity contribution in [3.05, 3.63) is 24.3 Å². The van der Waals surface area contributed by atoms with Gasteiger partial charge in [0.1, 0.15) is 12.4 Å². The van der Waals surface area contributed by atoms with Crippen molar-refractivity contribution in [2.75, 3.05) is 44.3 Å². The maximum Gasteiger partial charge on any atom is 0.119 e. The second-order valence-electron chi connectivity index (χ2n) is 5.00. The minimum atomic E-state index is 0.263. The molecule has 106 valence electrons. The van der Waals surface area contributed by atoms with Gasteiger partial charge >= 0.3 is 0 Å². The van der Waals surface area contributed by atoms with Gasteiger partial charge < -0.3 is 19.7 Å². The third-order valence-corrected chi connectivity index (χ3v) is 3.12. The Bertz CT molecular complexity index is 359. The number of hydrogen-bond acceptors (Lipinski definition) is 4. The summed E-state index contributed by atoms with van der Waals surface area (Å²) >= 11 is 0. The van der Waals surface area contributed by atoms with Crippen molar-refractivity contribution < 1.29 is 9.47 Å². The second-order valence-corrected chi connectivity index (χ2v) is 5.00. The van der Waals surface area contributed by atoms with Crippen LogP contribution in [0.3, 0.4) is 0 Å². The summed E-state index contributed by atoms with van der Waals surface area (Å²) in [6.45, 7) is 9.56. The van der Waals surface area contributed by atoms with Crippen molar-refractivity contribution in [3.63, 3.8) is 0 Å². The summed E-state index contributed by atoms with van der Waals surface area (Å²) in [4.78, 5) is 2.39. The molecule has 0 saturated carbocycles. The maximum absolute atomic E-state index is 5.64. The molecule has 2 rings (SSSR count). The minimum Gasteiger partial charge on any atom is -0.491 e. The van der Waals surface area contributed by atoms with E-state index in [2.05, 4.69) is 22.3 Å². The third kappa shape index (κ3) is 4.73. The quantitative estimate of drug-likeness (QED) is 0.796. The van der Waals surface area contributed by atoms with Crippen molar-refractivity contribution in [1.29, 1.82) is 0 Å². The summed E-state index contributed by atoms with van der Waals surface area (Å²) in [6.07, 6.45) is 0.263. The third-order valence-electron chi connectivity index (χ3n) is 3.12. The summed E-state index contributed by atoms with van der Waals surface area (Å²) in [5.41, 5.74) is 1.27. The van der Waals surface area contributed by atoms with Gasteiger partial charge in [-0.25, -0.2) is 0 Å². The van der Waals surface area contributed by atoms with E-state index in [4.69, 9.17) is 9.47 Å². The van der Waals surface area contributed by atoms with Gasteiger partial charge in [0.05, 0.1) is 12.7 Å². The Morgan fingerprint density at radius 3 is 2.42 bits per heavy atom. The standard InChI is InChI=1S/C15H24N2O2/c1-13(2)18-11-12-19-15-5-3-14(4-6-15)17-9-7-16-8-10-17/h3-6,13,16H,7-12H2,1-2H3. The second kappa shape index (κ2) is 7.36. The highest BCUT2D eigenvalue weighted by Gasteiger charge is 2.09. The van der Waals surface area contributed by atoms with Crippen LogP contribution in [0.5, 0.6) is 5.75 Å². The molecule has 0 aliphatic carbocycles. The van der Waals surface area contributed by atoms with Gasteiger partial charge in [0.15, 0.2) is 0 Å². The Hall–Kier alpha value is -1.26. The smallest absolute Gasteiger partial charge is 0.119 e. The Morgan fingerprint density at radius 2 is 1.79 bits per heavy atom. The van der Waals surface area contributed by atoms with Gasteiger partial charge in [-0.2, -0.15) is 0 Å². The molecule has 0 spiro atoms. The predicted molar refractivity (Wildman–Crippen MR) is 78.1 cm³/mol. The van der Waals surface area contributed by atoms with E-state index in [1.54, 1.807) is 0 Å². The normalized spacial score (nSPS) is 15.8. The van der Waals surface area contributed by atoms with Crippen LogP contribution < -0.4 is 15.0 Å². The van der Waals surface area contributed by atoms with Gasteiger partial charge in [-0.05, 0) is 38.1 Å². The molecule has 1 aromatic rings. The highest BCUT2D eigenvalue weighted by molar-refractivity contribution is 5.49. The molecule has 0 atom stereocenters. The lowest BCUT2D eigenvalue weighted by atomic mass is 10.2. The lowest BCUT2D eigenvalue weighted by molar-refractivity contribution is 0.0553. The molecule has 0 aromatic heterocycles. The molecular formula is C15H24N2O2. The van der Waals surface area contributed by atoms with E-state index in [1.807, 2.05) is 26.0 Å². The fraction of sp³-hybridized carbons (Fsp3) is 0.600. The number of nitrogens with one attached hydrogen (secondary N) is 1. The number of anilines is 1. The molecule has 0 amide bonds. The SMILES string of the molecule is CC(C)OCCOc1ccc(N2CCNCC2)cc1. The minimum absolute atomic E-state index is 0.263. The van der Waals surface area contributed by atoms with E-state index >= 15 is 0 Å². The highest BCUT2D eigenvalue weighted by atomic mass is 16.5. The number of hydrogen-bond donors (Lipinski definition) is 1. The van der Waals surface area contributed by atoms with Gasteiger partial charge in [-0.3, -0.25) is 0 Å². The lowest BCUT2D eigenvalue weighted by Gasteiger charge is -2.29. The van der Waals surface area contributed by atoms with E-state index in [-0.39, 0.29) is 6.10 Å². The monoisotopic (exact) mass is 264 g/mol. The van der Waals surface area contributed by atoms with Crippen molar-refractivity contribution >= 4 is 5.69 Å². The molecule has 0 unspecified atom stereocenters. The van der Waals surface area contributed by atoms with Crippen LogP contribution in [0, 0.1) is 0 Å². The molecule has 1 aromatic carbocycles. The zero-order valence-electron chi connectivity index (χ0n) is 11.9. The lowest BCUT2D eigenvalue weighted by Crippen LogP contribution is -2.43. The molecule has 0 radical (unpaired) electrons. The molecule has 1 heterocycles. The number of piperazine rings is 1. The van der Waals surface area contributed by atoms with E-state index in [1.165, 1.54) is 5.69 Å². The average Bonchev–Trinajstić information content (AvgIpc) is 2.45. The highest BCUT2D eigenvalue weighted by Crippen LogP contribution is 2.19. The first kappa shape index (κ1) is 14.2. The Morgan fingerprint density at radius 1 is 1.11 bits per heavy atom. The molecule has 4 heteroatoms. The van der Waals surface area contributed by atoms with Crippen LogP contribution in [0.15, 0.2) is 24.3 Å². The first-order chi connectivity index (χ1) is 9.25. The summed E-state index contributed by atoms with van der Waals surface area (Å²) in [7, 11) is 0. The van der Waals surface area contributed by atoms with Crippen molar-refractivity contribution in [2.45, 2.75) is 20.0 Å². The van der Waals surface area contributed by atoms with Gasteiger partial charge in [0, 0.05) is 31.9 Å². The summed E-state index contributed by atoms with van der Waals surface area (Å²) in [6, 6.07) is 8.33. The van der Waals surface area contributed by atoms with Crippen LogP contribution in [0.4, 0.5) is 5.69 Å². The van der Waals surface area contributed by atoms with Gasteiger partial charge in [0.25, 0.3) is 0 Å². The van der Waals surface area contributed by atoms with Crippen LogP contribution in [0.25, 0.3) is 0 Å². The van der Waals surface area contributed by atoms with Crippen LogP contribution >= 0.6 is 0 Å². The van der Waals surface area contributed by atoms with Crippen LogP contribution in [-0.2, 0) is 4.74 Å². The molecule has 1 aliphatic heterocycles. The van der Waals surface area contributed by atoms with E-state index in [9.17, 15) is 0 Å². The van der Waals surface area contributed by atoms with E-state index < -0.39 is 0 Å². The topological polar surface area (TPSA) is 33.7 Å². The average molecular weight is 264 g/mol. The molecule has 1 N–H and O–H groups in total. The van der Waals surface area contributed by atoms with Crippen molar-refractivity contribution in [1.82, 2.24) is 5.32 Å². The molecule has 4 nitrogen and oxygen atoms in total. The molecule has 1 aliphatic rings. The fourth-order valence-electron chi connectivity index (χ4n) is 2.12. The number of ether oxygens (including phenoxy) is 2. The van der Waals surface area contributed by atoms with Crippen molar-refractivity contribution in [3.8, 4) is 5.75 Å². The van der Waals surface area contributed by atoms with Crippen molar-refractivity contribution in [2.24, 2.45) is 0 Å². The van der Waals surface area contributed by atoms with Gasteiger partial charge in [0.2, 0.25) is 0 Å². The molecule has 19 heavy (non-hydrogen) atoms. The Kier molecular flexibility index (Phi) is 5.48. The summed E-state index contributed by atoms with van der Waals surface area (Å²) in [5.74, 6) is 0.909. The van der Waals surface area contributed by atoms with E-state index in [0.29, 0.717) is 13.2 Å². The number of rotatable bonds is 6. The molecule has 0 bridgehead atoms. The van der Waals surface area contributed by atoms with Gasteiger partial charge in [-0.15, -0.1) is 0 Å². The summed E-state index contributed by atoms with van der Waals surface area (Å²) in [5, 5.41) is 3.36. The van der Waals surface area contributed by atoms with Crippen LogP contribution in [-0.4, -0.2) is 45.5 Å². The van der Waals surface area contributed by atoms with E-state index in [0.717, 1.165) is 31.9 Å². The largest absolute Gasteiger partial charge is 0.491 e. The van der Waals surface area contributed by atoms with Crippen LogP contribution in [0.2, 0.25) is 0 Å². The number of nitrogens with zero attached hydrogens (tertiary/aromatic N) is 1. The van der Waals surface area contributed by atoms with Gasteiger partial charge in [-0.1, -0.05) is 0 Å². The van der Waals surface area contributed by atoms with Crippen LogP contribution in [0.1, 0.15) is 13.8 Å². The fourth-order valence-corrected chi connectivity index (χ4v) is 2.12. The molecule has 1 fully saturated rings. The Balaban J connectivity index is 1.77. The summed E-state index contributed by atoms with van der Waals surface area (Å²) < 4.78 is 11.1. The predicted octanol–water partition coefficient (Wildman–Crippen LogP) is 1.90. The Labute approximate surface area is 115 Å². The molecule has 1 saturated heterocycles. The zero-order chi connectivity index (χ0) is 13.5. The zero-order valence-corrected chi connectivity index (χ0v) is 11.9. The number of benzene rings is 1. The first-order valence-electron chi connectivity index (χ1n) is 7.06. The molecular weight excluding hydrogens is 240 g/mol. The maximum atomic E-state index is 5.64. The first-order valence-corrected chi connectivity index (χ1v) is 7.06.